The Morgan fingerprint density at radius 3 is 2.68 bits per heavy atom. The molecule has 0 spiro atoms. The Bertz CT molecular complexity index is 644. The van der Waals surface area contributed by atoms with Crippen LogP contribution < -0.4 is 4.74 Å². The first-order valence-corrected chi connectivity index (χ1v) is 6.07. The van der Waals surface area contributed by atoms with Crippen molar-refractivity contribution in [2.24, 2.45) is 0 Å². The van der Waals surface area contributed by atoms with Crippen molar-refractivity contribution >= 4 is 23.3 Å². The minimum atomic E-state index is -4.22. The van der Waals surface area contributed by atoms with Gasteiger partial charge >= 0.3 is 6.18 Å². The summed E-state index contributed by atoms with van der Waals surface area (Å²) in [5.74, 6) is 0.624. The van der Waals surface area contributed by atoms with Crippen LogP contribution in [-0.2, 0) is 0 Å². The van der Waals surface area contributed by atoms with Crippen molar-refractivity contribution in [2.45, 2.75) is 25.6 Å². The molecule has 1 unspecified atom stereocenters. The lowest BCUT2D eigenvalue weighted by Crippen LogP contribution is -2.16. The number of halogens is 3. The van der Waals surface area contributed by atoms with Crippen LogP contribution in [0.5, 0.6) is 5.75 Å². The second-order valence-corrected chi connectivity index (χ2v) is 4.74. The van der Waals surface area contributed by atoms with Gasteiger partial charge in [-0.05, 0) is 31.3 Å². The smallest absolute Gasteiger partial charge is 0.391 e. The number of nitrogens with one attached hydrogen (secondary N) is 1. The standard InChI is InChI=1S/C12H13F3N2OS/c1-7(6-12(13,14)15)17-10-4-3-8(18-2)5-9(10)16-11(17)19/h3-5,7H,6H2,1-2H3,(H,16,19). The summed E-state index contributed by atoms with van der Waals surface area (Å²) in [4.78, 5) is 2.90. The molecule has 1 heterocycles. The number of hydrogen-bond acceptors (Lipinski definition) is 2. The molecule has 0 fully saturated rings. The molecule has 2 aromatic rings. The molecular weight excluding hydrogens is 277 g/mol. The summed E-state index contributed by atoms with van der Waals surface area (Å²) in [5, 5.41) is 0. The number of hydrogen-bond donors (Lipinski definition) is 1. The van der Waals surface area contributed by atoms with Crippen molar-refractivity contribution in [3.05, 3.63) is 23.0 Å². The highest BCUT2D eigenvalue weighted by Gasteiger charge is 2.31. The number of aromatic nitrogens is 2. The number of fused-ring (bicyclic) bond motifs is 1. The van der Waals surface area contributed by atoms with Gasteiger partial charge in [0.15, 0.2) is 4.77 Å². The monoisotopic (exact) mass is 290 g/mol. The molecule has 3 nitrogen and oxygen atoms in total. The molecule has 1 aromatic carbocycles. The van der Waals surface area contributed by atoms with E-state index in [1.54, 1.807) is 18.2 Å². The summed E-state index contributed by atoms with van der Waals surface area (Å²) in [7, 11) is 1.53. The van der Waals surface area contributed by atoms with Gasteiger partial charge < -0.3 is 14.3 Å². The maximum Gasteiger partial charge on any atom is 0.391 e. The van der Waals surface area contributed by atoms with Gasteiger partial charge in [-0.25, -0.2) is 0 Å². The second-order valence-electron chi connectivity index (χ2n) is 4.35. The Kier molecular flexibility index (Phi) is 3.58. The number of nitrogens with zero attached hydrogens (tertiary/aromatic N) is 1. The Labute approximate surface area is 113 Å². The molecule has 0 saturated carbocycles. The second kappa shape index (κ2) is 4.88. The Morgan fingerprint density at radius 1 is 1.42 bits per heavy atom. The number of methoxy groups -OCH3 is 1. The summed E-state index contributed by atoms with van der Waals surface area (Å²) in [5.41, 5.74) is 1.31. The van der Waals surface area contributed by atoms with Gasteiger partial charge in [0, 0.05) is 12.1 Å². The van der Waals surface area contributed by atoms with E-state index in [-0.39, 0.29) is 4.77 Å². The van der Waals surface area contributed by atoms with Crippen LogP contribution in [0.2, 0.25) is 0 Å². The first kappa shape index (κ1) is 13.9. The van der Waals surface area contributed by atoms with E-state index in [1.807, 2.05) is 0 Å². The third-order valence-corrected chi connectivity index (χ3v) is 3.19. The van der Waals surface area contributed by atoms with E-state index in [9.17, 15) is 13.2 Å². The van der Waals surface area contributed by atoms with Gasteiger partial charge in [-0.3, -0.25) is 0 Å². The molecule has 1 aromatic heterocycles. The lowest BCUT2D eigenvalue weighted by atomic mass is 10.2. The van der Waals surface area contributed by atoms with E-state index >= 15 is 0 Å². The van der Waals surface area contributed by atoms with Gasteiger partial charge in [-0.15, -0.1) is 0 Å². The highest BCUT2D eigenvalue weighted by atomic mass is 32.1. The van der Waals surface area contributed by atoms with E-state index in [0.717, 1.165) is 0 Å². The Morgan fingerprint density at radius 2 is 2.11 bits per heavy atom. The van der Waals surface area contributed by atoms with Crippen LogP contribution >= 0.6 is 12.2 Å². The lowest BCUT2D eigenvalue weighted by molar-refractivity contribution is -0.141. The largest absolute Gasteiger partial charge is 0.497 e. The normalized spacial score (nSPS) is 13.7. The Balaban J connectivity index is 2.49. The predicted octanol–water partition coefficient (Wildman–Crippen LogP) is 4.22. The topological polar surface area (TPSA) is 29.9 Å². The molecule has 0 bridgehead atoms. The van der Waals surface area contributed by atoms with Crippen LogP contribution in [0.1, 0.15) is 19.4 Å². The number of alkyl halides is 3. The van der Waals surface area contributed by atoms with Crippen molar-refractivity contribution in [1.82, 2.24) is 9.55 Å². The summed E-state index contributed by atoms with van der Waals surface area (Å²) in [6.07, 6.45) is -5.13. The number of imidazole rings is 1. The maximum atomic E-state index is 12.5. The van der Waals surface area contributed by atoms with E-state index < -0.39 is 18.6 Å². The Hall–Kier alpha value is -1.50. The minimum Gasteiger partial charge on any atom is -0.497 e. The molecule has 104 valence electrons. The lowest BCUT2D eigenvalue weighted by Gasteiger charge is -2.16. The van der Waals surface area contributed by atoms with Gasteiger partial charge in [0.05, 0.1) is 24.6 Å². The molecule has 1 N–H and O–H groups in total. The highest BCUT2D eigenvalue weighted by Crippen LogP contribution is 2.30. The molecule has 0 aliphatic heterocycles. The van der Waals surface area contributed by atoms with Crippen molar-refractivity contribution < 1.29 is 17.9 Å². The fourth-order valence-corrected chi connectivity index (χ4v) is 2.49. The molecule has 7 heteroatoms. The molecule has 0 radical (unpaired) electrons. The zero-order valence-corrected chi connectivity index (χ0v) is 11.2. The van der Waals surface area contributed by atoms with Crippen molar-refractivity contribution in [3.63, 3.8) is 0 Å². The van der Waals surface area contributed by atoms with Gasteiger partial charge in [-0.2, -0.15) is 13.2 Å². The highest BCUT2D eigenvalue weighted by molar-refractivity contribution is 7.71. The van der Waals surface area contributed by atoms with Gasteiger partial charge in [-0.1, -0.05) is 0 Å². The van der Waals surface area contributed by atoms with Crippen LogP contribution in [-0.4, -0.2) is 22.8 Å². The third-order valence-electron chi connectivity index (χ3n) is 2.89. The van der Waals surface area contributed by atoms with Crippen molar-refractivity contribution in [3.8, 4) is 5.75 Å². The van der Waals surface area contributed by atoms with Crippen molar-refractivity contribution in [2.75, 3.05) is 7.11 Å². The number of benzene rings is 1. The molecule has 0 saturated heterocycles. The van der Waals surface area contributed by atoms with Crippen molar-refractivity contribution in [1.29, 1.82) is 0 Å². The molecular formula is C12H13F3N2OS. The minimum absolute atomic E-state index is 0.278. The average Bonchev–Trinajstić information content (AvgIpc) is 2.61. The van der Waals surface area contributed by atoms with Crippen LogP contribution in [0.25, 0.3) is 11.0 Å². The summed E-state index contributed by atoms with van der Waals surface area (Å²) < 4.78 is 44.2. The fraction of sp³-hybridized carbons (Fsp3) is 0.417. The van der Waals surface area contributed by atoms with Crippen LogP contribution in [0, 0.1) is 4.77 Å². The quantitative estimate of drug-likeness (QED) is 0.858. The molecule has 19 heavy (non-hydrogen) atoms. The maximum absolute atomic E-state index is 12.5. The van der Waals surface area contributed by atoms with Crippen LogP contribution in [0.15, 0.2) is 18.2 Å². The first-order chi connectivity index (χ1) is 8.81. The molecule has 0 aliphatic rings. The summed E-state index contributed by atoms with van der Waals surface area (Å²) in [6, 6.07) is 4.35. The van der Waals surface area contributed by atoms with E-state index in [2.05, 4.69) is 4.98 Å². The average molecular weight is 290 g/mol. The number of H-pyrrole nitrogens is 1. The van der Waals surface area contributed by atoms with E-state index in [1.165, 1.54) is 18.6 Å². The molecule has 2 rings (SSSR count). The number of rotatable bonds is 3. The number of aromatic amines is 1. The zero-order valence-electron chi connectivity index (χ0n) is 10.4. The van der Waals surface area contributed by atoms with E-state index in [4.69, 9.17) is 17.0 Å². The van der Waals surface area contributed by atoms with E-state index in [0.29, 0.717) is 16.8 Å². The van der Waals surface area contributed by atoms with Crippen LogP contribution in [0.3, 0.4) is 0 Å². The zero-order chi connectivity index (χ0) is 14.2. The van der Waals surface area contributed by atoms with Gasteiger partial charge in [0.25, 0.3) is 0 Å². The molecule has 0 amide bonds. The van der Waals surface area contributed by atoms with Gasteiger partial charge in [0.1, 0.15) is 5.75 Å². The molecule has 1 atom stereocenters. The van der Waals surface area contributed by atoms with Gasteiger partial charge in [0.2, 0.25) is 0 Å². The SMILES string of the molecule is COc1ccc2c(c1)[nH]c(=S)n2C(C)CC(F)(F)F. The molecule has 0 aliphatic carbocycles. The fourth-order valence-electron chi connectivity index (χ4n) is 2.10. The predicted molar refractivity (Wildman–Crippen MR) is 69.1 cm³/mol. The number of ether oxygens (including phenoxy) is 1. The summed E-state index contributed by atoms with van der Waals surface area (Å²) in [6.45, 7) is 1.50. The summed E-state index contributed by atoms with van der Waals surface area (Å²) >= 11 is 5.10. The third kappa shape index (κ3) is 2.91. The first-order valence-electron chi connectivity index (χ1n) is 5.67. The van der Waals surface area contributed by atoms with Crippen LogP contribution in [0.4, 0.5) is 13.2 Å².